The van der Waals surface area contributed by atoms with Crippen molar-refractivity contribution in [3.05, 3.63) is 90.0 Å². The highest BCUT2D eigenvalue weighted by Crippen LogP contribution is 2.38. The van der Waals surface area contributed by atoms with Crippen LogP contribution in [0.25, 0.3) is 41.6 Å². The monoisotopic (exact) mass is 571 g/mol. The topological polar surface area (TPSA) is 138 Å². The minimum absolute atomic E-state index is 0.210. The summed E-state index contributed by atoms with van der Waals surface area (Å²) in [7, 11) is -4.63. The van der Waals surface area contributed by atoms with Crippen molar-refractivity contribution in [3.63, 3.8) is 0 Å². The predicted octanol–water partition coefficient (Wildman–Crippen LogP) is 6.29. The van der Waals surface area contributed by atoms with Gasteiger partial charge in [-0.15, -0.1) is 22.7 Å². The highest BCUT2D eigenvalue weighted by Gasteiger charge is 2.17. The summed E-state index contributed by atoms with van der Waals surface area (Å²) >= 11 is 2.70. The van der Waals surface area contributed by atoms with Crippen LogP contribution in [0.15, 0.2) is 83.8 Å². The van der Waals surface area contributed by atoms with Crippen molar-refractivity contribution >= 4 is 70.5 Å². The van der Waals surface area contributed by atoms with Crippen LogP contribution < -0.4 is 11.1 Å². The number of hydrogen-bond donors (Lipinski definition) is 2. The number of aromatic nitrogens is 2. The second-order valence-corrected chi connectivity index (χ2v) is 12.2. The Morgan fingerprint density at radius 3 is 2.21 bits per heavy atom. The van der Waals surface area contributed by atoms with E-state index in [2.05, 4.69) is 10.3 Å². The molecule has 0 aliphatic carbocycles. The van der Waals surface area contributed by atoms with E-state index in [1.807, 2.05) is 42.5 Å². The van der Waals surface area contributed by atoms with E-state index in [-0.39, 0.29) is 10.8 Å². The van der Waals surface area contributed by atoms with Gasteiger partial charge >= 0.3 is 0 Å². The molecule has 3 N–H and O–H groups in total. The number of nitrogens with one attached hydrogen (secondary N) is 1. The van der Waals surface area contributed by atoms with Crippen LogP contribution >= 0.6 is 22.7 Å². The zero-order valence-corrected chi connectivity index (χ0v) is 22.8. The van der Waals surface area contributed by atoms with Gasteiger partial charge in [0, 0.05) is 28.1 Å². The Morgan fingerprint density at radius 2 is 1.49 bits per heavy atom. The van der Waals surface area contributed by atoms with Gasteiger partial charge in [-0.05, 0) is 85.3 Å². The number of carbonyl (C=O) groups excluding carboxylic acids is 1. The molecule has 8 nitrogen and oxygen atoms in total. The molecule has 6 aromatic rings. The molecule has 0 saturated heterocycles. The van der Waals surface area contributed by atoms with E-state index in [4.69, 9.17) is 10.7 Å². The van der Waals surface area contributed by atoms with E-state index in [1.54, 1.807) is 43.3 Å². The lowest BCUT2D eigenvalue weighted by atomic mass is 10.1. The molecule has 11 heteroatoms. The van der Waals surface area contributed by atoms with Crippen LogP contribution in [0.3, 0.4) is 0 Å². The molecule has 0 saturated carbocycles. The Morgan fingerprint density at radius 1 is 0.846 bits per heavy atom. The van der Waals surface area contributed by atoms with Crippen molar-refractivity contribution in [2.45, 2.75) is 11.8 Å². The lowest BCUT2D eigenvalue weighted by Crippen LogP contribution is -2.11. The number of fused-ring (bicyclic) bond motifs is 2. The summed E-state index contributed by atoms with van der Waals surface area (Å²) in [5.41, 5.74) is 10.9. The van der Waals surface area contributed by atoms with Gasteiger partial charge in [-0.2, -0.15) is 0 Å². The molecular weight excluding hydrogens is 553 g/mol. The van der Waals surface area contributed by atoms with Gasteiger partial charge in [0.15, 0.2) is 0 Å². The van der Waals surface area contributed by atoms with Crippen LogP contribution in [-0.2, 0) is 10.1 Å². The number of hydrogen-bond acceptors (Lipinski definition) is 9. The van der Waals surface area contributed by atoms with Crippen LogP contribution in [0.4, 0.5) is 11.4 Å². The summed E-state index contributed by atoms with van der Waals surface area (Å²) in [4.78, 5) is 21.6. The molecule has 0 aliphatic rings. The first kappa shape index (κ1) is 25.1. The fourth-order valence-corrected chi connectivity index (χ4v) is 7.51. The highest BCUT2D eigenvalue weighted by atomic mass is 32.2. The molecule has 2 heterocycles. The molecule has 0 spiro atoms. The number of anilines is 2. The molecule has 39 heavy (non-hydrogen) atoms. The minimum atomic E-state index is -4.63. The number of aryl methyl sites for hydroxylation is 1. The summed E-state index contributed by atoms with van der Waals surface area (Å²) in [6, 6.07) is 23.2. The lowest BCUT2D eigenvalue weighted by molar-refractivity contribution is 0.102. The van der Waals surface area contributed by atoms with E-state index in [0.717, 1.165) is 26.4 Å². The molecule has 0 bridgehead atoms. The summed E-state index contributed by atoms with van der Waals surface area (Å²) in [6.07, 6.45) is 0. The number of rotatable bonds is 5. The first-order valence-corrected chi connectivity index (χ1v) is 14.7. The van der Waals surface area contributed by atoms with E-state index in [0.29, 0.717) is 37.7 Å². The zero-order valence-electron chi connectivity index (χ0n) is 20.3. The van der Waals surface area contributed by atoms with Crippen molar-refractivity contribution in [1.29, 1.82) is 0 Å². The molecule has 194 valence electrons. The third-order valence-electron chi connectivity index (χ3n) is 6.16. The Balaban J connectivity index is 1.27. The van der Waals surface area contributed by atoms with Crippen LogP contribution in [0.2, 0.25) is 0 Å². The molecule has 0 radical (unpaired) electrons. The van der Waals surface area contributed by atoms with E-state index >= 15 is 0 Å². The molecule has 2 aromatic heterocycles. The molecule has 0 unspecified atom stereocenters. The maximum absolute atomic E-state index is 12.5. The van der Waals surface area contributed by atoms with Gasteiger partial charge in [0.05, 0.1) is 25.3 Å². The van der Waals surface area contributed by atoms with Gasteiger partial charge in [0.2, 0.25) is 0 Å². The zero-order chi connectivity index (χ0) is 27.3. The number of nitrogens with two attached hydrogens (primary N) is 1. The number of amides is 1. The third kappa shape index (κ3) is 4.88. The maximum atomic E-state index is 12.5. The van der Waals surface area contributed by atoms with Crippen molar-refractivity contribution in [2.75, 3.05) is 11.1 Å². The van der Waals surface area contributed by atoms with Crippen LogP contribution in [0, 0.1) is 6.92 Å². The average Bonchev–Trinajstić information content (AvgIpc) is 3.52. The minimum Gasteiger partial charge on any atom is -0.744 e. The average molecular weight is 572 g/mol. The van der Waals surface area contributed by atoms with E-state index < -0.39 is 10.1 Å². The number of thiazole rings is 2. The molecule has 1 amide bonds. The number of carbonyl (C=O) groups is 1. The van der Waals surface area contributed by atoms with Gasteiger partial charge in [0.1, 0.15) is 20.1 Å². The Kier molecular flexibility index (Phi) is 6.15. The fraction of sp³-hybridized carbons (Fsp3) is 0.0357. The molecular formula is C28H19N4O4S3-. The molecule has 0 aliphatic heterocycles. The third-order valence-corrected chi connectivity index (χ3v) is 9.52. The van der Waals surface area contributed by atoms with Crippen molar-refractivity contribution in [2.24, 2.45) is 0 Å². The summed E-state index contributed by atoms with van der Waals surface area (Å²) in [5.74, 6) is -0.222. The lowest BCUT2D eigenvalue weighted by Gasteiger charge is -2.10. The fourth-order valence-electron chi connectivity index (χ4n) is 4.22. The first-order chi connectivity index (χ1) is 18.7. The number of nitrogen functional groups attached to an aromatic ring is 1. The van der Waals surface area contributed by atoms with Crippen LogP contribution in [0.5, 0.6) is 0 Å². The SMILES string of the molecule is Cc1ccc2nc(-c3ccc4nc(-c5ccc(NC(=O)c6ccc(N)cc6)cc5)sc4c3)sc2c1S(=O)(=O)[O-]. The van der Waals surface area contributed by atoms with Crippen LogP contribution in [-0.4, -0.2) is 28.8 Å². The smallest absolute Gasteiger partial charge is 0.255 e. The van der Waals surface area contributed by atoms with Gasteiger partial charge < -0.3 is 15.6 Å². The van der Waals surface area contributed by atoms with Gasteiger partial charge in [0.25, 0.3) is 5.91 Å². The van der Waals surface area contributed by atoms with E-state index in [9.17, 15) is 17.8 Å². The summed E-state index contributed by atoms with van der Waals surface area (Å²) < 4.78 is 36.9. The van der Waals surface area contributed by atoms with Gasteiger partial charge in [-0.25, -0.2) is 18.4 Å². The summed E-state index contributed by atoms with van der Waals surface area (Å²) in [5, 5.41) is 4.32. The standard InChI is InChI=1S/C28H20N4O4S3/c1-15-2-12-22-24(25(15)39(34,35)36)38-28(32-22)18-7-13-21-23(14-18)37-27(31-21)17-5-10-20(11-6-17)30-26(33)16-3-8-19(29)9-4-16/h2-14H,29H2,1H3,(H,30,33)(H,34,35,36)/p-1. The van der Waals surface area contributed by atoms with Crippen molar-refractivity contribution in [1.82, 2.24) is 9.97 Å². The van der Waals surface area contributed by atoms with Crippen LogP contribution in [0.1, 0.15) is 15.9 Å². The Hall–Kier alpha value is -4.16. The molecule has 0 fully saturated rings. The van der Waals surface area contributed by atoms with Gasteiger partial charge in [-0.1, -0.05) is 6.07 Å². The second-order valence-electron chi connectivity index (χ2n) is 8.89. The normalized spacial score (nSPS) is 11.7. The Labute approximate surface area is 231 Å². The van der Waals surface area contributed by atoms with Gasteiger partial charge in [-0.3, -0.25) is 4.79 Å². The maximum Gasteiger partial charge on any atom is 0.255 e. The van der Waals surface area contributed by atoms with Crippen molar-refractivity contribution < 1.29 is 17.8 Å². The predicted molar refractivity (Wildman–Crippen MR) is 155 cm³/mol. The molecule has 4 aromatic carbocycles. The molecule has 0 atom stereocenters. The Bertz CT molecular complexity index is 2000. The quantitative estimate of drug-likeness (QED) is 0.183. The number of nitrogens with zero attached hydrogens (tertiary/aromatic N) is 2. The largest absolute Gasteiger partial charge is 0.744 e. The molecule has 6 rings (SSSR count). The highest BCUT2D eigenvalue weighted by molar-refractivity contribution is 7.86. The van der Waals surface area contributed by atoms with Crippen molar-refractivity contribution in [3.8, 4) is 21.1 Å². The second kappa shape index (κ2) is 9.54. The first-order valence-electron chi connectivity index (χ1n) is 11.7. The van der Waals surface area contributed by atoms with E-state index in [1.165, 1.54) is 22.7 Å². The summed E-state index contributed by atoms with van der Waals surface area (Å²) in [6.45, 7) is 1.61. The number of benzene rings is 4.